The second-order valence-electron chi connectivity index (χ2n) is 14.7. The lowest BCUT2D eigenvalue weighted by molar-refractivity contribution is 0.0511. The number of hydrogen-bond donors (Lipinski definition) is 2. The molecule has 0 aliphatic carbocycles. The number of hydrogen-bond acceptors (Lipinski definition) is 10. The number of H-pyrrole nitrogens is 2. The second kappa shape index (κ2) is 16.5. The van der Waals surface area contributed by atoms with Crippen molar-refractivity contribution in [1.29, 1.82) is 0 Å². The molecular formula is C42H44N8O4S2. The van der Waals surface area contributed by atoms with Crippen molar-refractivity contribution in [1.82, 2.24) is 39.7 Å². The van der Waals surface area contributed by atoms with Crippen molar-refractivity contribution in [3.8, 4) is 39.4 Å². The maximum Gasteiger partial charge on any atom is 0.274 e. The number of imidazole rings is 2. The summed E-state index contributed by atoms with van der Waals surface area (Å²) in [5.74, 6) is 2.18. The Kier molecular flexibility index (Phi) is 10.7. The number of ether oxygens (including phenoxy) is 2. The van der Waals surface area contributed by atoms with Crippen LogP contribution in [0.4, 0.5) is 0 Å². The van der Waals surface area contributed by atoms with E-state index in [1.165, 1.54) is 29.1 Å². The summed E-state index contributed by atoms with van der Waals surface area (Å²) in [5, 5.41) is 3.60. The normalized spacial score (nSPS) is 20.6. The van der Waals surface area contributed by atoms with Crippen molar-refractivity contribution in [2.24, 2.45) is 0 Å². The SMILES string of the molecule is O=C(c1cscn1)N1CCC[C@H]1c1ncc(-c2ccc(-c3ccc4c(c3)OCCCCCCCCO[C@H]3C[C@@H](c5ncc-4[nH]5)N(C(=O)c4cscn4)C3)cc2)[nH]1. The number of rotatable bonds is 5. The summed E-state index contributed by atoms with van der Waals surface area (Å²) in [6.07, 6.45) is 12.7. The molecule has 288 valence electrons. The predicted molar refractivity (Wildman–Crippen MR) is 216 cm³/mol. The van der Waals surface area contributed by atoms with Crippen LogP contribution in [0.1, 0.15) is 102 Å². The first kappa shape index (κ1) is 36.5. The number of aromatic amines is 2. The number of carbonyl (C=O) groups excluding carboxylic acids is 2. The zero-order chi connectivity index (χ0) is 37.8. The Labute approximate surface area is 333 Å². The molecule has 2 fully saturated rings. The van der Waals surface area contributed by atoms with Crippen LogP contribution in [0.5, 0.6) is 5.75 Å². The molecule has 2 N–H and O–H groups in total. The Bertz CT molecular complexity index is 2250. The third-order valence-electron chi connectivity index (χ3n) is 11.1. The Morgan fingerprint density at radius 3 is 2.07 bits per heavy atom. The van der Waals surface area contributed by atoms with Crippen molar-refractivity contribution in [2.45, 2.75) is 76.0 Å². The number of aromatic nitrogens is 6. The van der Waals surface area contributed by atoms with Crippen LogP contribution in [-0.2, 0) is 4.74 Å². The molecule has 4 aromatic heterocycles. The first-order valence-corrected chi connectivity index (χ1v) is 21.5. The lowest BCUT2D eigenvalue weighted by Gasteiger charge is -2.22. The van der Waals surface area contributed by atoms with Gasteiger partial charge in [-0.25, -0.2) is 19.9 Å². The Morgan fingerprint density at radius 2 is 1.32 bits per heavy atom. The van der Waals surface area contributed by atoms with E-state index in [1.807, 2.05) is 22.2 Å². The molecule has 9 rings (SSSR count). The van der Waals surface area contributed by atoms with Crippen molar-refractivity contribution >= 4 is 34.5 Å². The maximum atomic E-state index is 13.6. The smallest absolute Gasteiger partial charge is 0.274 e. The number of amides is 2. The van der Waals surface area contributed by atoms with E-state index in [1.54, 1.807) is 21.8 Å². The summed E-state index contributed by atoms with van der Waals surface area (Å²) in [4.78, 5) is 55.6. The highest BCUT2D eigenvalue weighted by Crippen LogP contribution is 2.39. The van der Waals surface area contributed by atoms with Gasteiger partial charge in [0.05, 0.1) is 59.6 Å². The van der Waals surface area contributed by atoms with Gasteiger partial charge in [0.2, 0.25) is 0 Å². The summed E-state index contributed by atoms with van der Waals surface area (Å²) in [7, 11) is 0. The van der Waals surface area contributed by atoms with Crippen LogP contribution < -0.4 is 4.74 Å². The number of carbonyl (C=O) groups is 2. The van der Waals surface area contributed by atoms with Gasteiger partial charge in [-0.2, -0.15) is 0 Å². The molecule has 3 atom stereocenters. The van der Waals surface area contributed by atoms with E-state index in [4.69, 9.17) is 19.4 Å². The molecule has 0 spiro atoms. The molecule has 0 radical (unpaired) electrons. The van der Waals surface area contributed by atoms with Crippen LogP contribution in [0.3, 0.4) is 0 Å². The van der Waals surface area contributed by atoms with E-state index < -0.39 is 0 Å². The van der Waals surface area contributed by atoms with Gasteiger partial charge in [-0.1, -0.05) is 56.0 Å². The molecule has 2 amide bonds. The van der Waals surface area contributed by atoms with Crippen LogP contribution in [-0.4, -0.2) is 83.9 Å². The number of nitrogens with one attached hydrogen (secondary N) is 2. The minimum absolute atomic E-state index is 0.0445. The number of likely N-dealkylation sites (tertiary alicyclic amines) is 2. The highest BCUT2D eigenvalue weighted by molar-refractivity contribution is 7.08. The summed E-state index contributed by atoms with van der Waals surface area (Å²) in [6, 6.07) is 14.4. The fourth-order valence-electron chi connectivity index (χ4n) is 8.15. The molecule has 7 heterocycles. The Balaban J connectivity index is 0.959. The second-order valence-corrected chi connectivity index (χ2v) is 16.2. The molecule has 3 aliphatic rings. The lowest BCUT2D eigenvalue weighted by Crippen LogP contribution is -2.32. The van der Waals surface area contributed by atoms with Crippen LogP contribution in [0.15, 0.2) is 76.6 Å². The van der Waals surface area contributed by atoms with Crippen LogP contribution >= 0.6 is 22.7 Å². The van der Waals surface area contributed by atoms with Gasteiger partial charge in [0.15, 0.2) is 0 Å². The topological polar surface area (TPSA) is 142 Å². The molecule has 2 saturated heterocycles. The van der Waals surface area contributed by atoms with E-state index in [0.29, 0.717) is 44.1 Å². The fraction of sp³-hybridized carbons (Fsp3) is 0.381. The number of fused-ring (bicyclic) bond motifs is 7. The number of thiazole rings is 2. The van der Waals surface area contributed by atoms with E-state index in [2.05, 4.69) is 62.4 Å². The van der Waals surface area contributed by atoms with Gasteiger partial charge in [0, 0.05) is 42.4 Å². The van der Waals surface area contributed by atoms with E-state index in [9.17, 15) is 9.59 Å². The number of benzene rings is 2. The molecule has 3 aliphatic heterocycles. The predicted octanol–water partition coefficient (Wildman–Crippen LogP) is 8.73. The highest BCUT2D eigenvalue weighted by atomic mass is 32.1. The van der Waals surface area contributed by atoms with Gasteiger partial charge in [-0.05, 0) is 54.5 Å². The molecule has 0 unspecified atom stereocenters. The van der Waals surface area contributed by atoms with E-state index in [-0.39, 0.29) is 30.0 Å². The average Bonchev–Trinajstić information content (AvgIpc) is 4.08. The molecule has 2 aromatic carbocycles. The molecular weight excluding hydrogens is 745 g/mol. The molecule has 56 heavy (non-hydrogen) atoms. The van der Waals surface area contributed by atoms with Crippen LogP contribution in [0.2, 0.25) is 0 Å². The standard InChI is InChI=1S/C42H44N8O4S2/c51-41(34-23-55-25-45-34)49-15-7-8-36(49)39-43-20-32(47-39)28-11-9-27(10-12-28)29-13-14-31-33-21-44-40(48-33)37-19-30(22-50(37)42(52)35-24-56-26-46-35)53-16-5-3-1-2-4-6-17-54-38(31)18-29/h9-14,18,20-21,23-26,30,36-37H,1-8,15-17,19,22H2,(H,43,47)(H,44,48)/t30-,36-,37-/m0/s1. The minimum Gasteiger partial charge on any atom is -0.493 e. The van der Waals surface area contributed by atoms with Gasteiger partial charge >= 0.3 is 0 Å². The first-order valence-electron chi connectivity index (χ1n) is 19.6. The highest BCUT2D eigenvalue weighted by Gasteiger charge is 2.39. The summed E-state index contributed by atoms with van der Waals surface area (Å²) < 4.78 is 12.9. The third-order valence-corrected chi connectivity index (χ3v) is 12.3. The Morgan fingerprint density at radius 1 is 0.679 bits per heavy atom. The van der Waals surface area contributed by atoms with E-state index >= 15 is 0 Å². The zero-order valence-electron chi connectivity index (χ0n) is 31.1. The zero-order valence-corrected chi connectivity index (χ0v) is 32.7. The molecule has 6 aromatic rings. The third kappa shape index (κ3) is 7.65. The molecule has 0 saturated carbocycles. The largest absolute Gasteiger partial charge is 0.493 e. The van der Waals surface area contributed by atoms with Gasteiger partial charge in [-0.15, -0.1) is 22.7 Å². The summed E-state index contributed by atoms with van der Waals surface area (Å²) in [5.41, 5.74) is 10.1. The average molecular weight is 789 g/mol. The van der Waals surface area contributed by atoms with Gasteiger partial charge in [0.1, 0.15) is 28.8 Å². The van der Waals surface area contributed by atoms with Gasteiger partial charge in [0.25, 0.3) is 11.8 Å². The van der Waals surface area contributed by atoms with Crippen molar-refractivity contribution in [2.75, 3.05) is 26.3 Å². The van der Waals surface area contributed by atoms with Gasteiger partial charge in [-0.3, -0.25) is 9.59 Å². The first-order chi connectivity index (χ1) is 27.6. The number of nitrogens with zero attached hydrogens (tertiary/aromatic N) is 6. The fourth-order valence-corrected chi connectivity index (χ4v) is 9.20. The molecule has 4 bridgehead atoms. The quantitative estimate of drug-likeness (QED) is 0.177. The van der Waals surface area contributed by atoms with E-state index in [0.717, 1.165) is 96.0 Å². The van der Waals surface area contributed by atoms with Gasteiger partial charge < -0.3 is 29.2 Å². The summed E-state index contributed by atoms with van der Waals surface area (Å²) in [6.45, 7) is 2.52. The van der Waals surface area contributed by atoms with Crippen LogP contribution in [0, 0.1) is 0 Å². The van der Waals surface area contributed by atoms with Crippen LogP contribution in [0.25, 0.3) is 33.6 Å². The molecule has 12 nitrogen and oxygen atoms in total. The summed E-state index contributed by atoms with van der Waals surface area (Å²) >= 11 is 2.85. The Hall–Kier alpha value is -5.18. The van der Waals surface area contributed by atoms with Crippen molar-refractivity contribution in [3.05, 3.63) is 99.7 Å². The minimum atomic E-state index is -0.252. The molecule has 14 heteroatoms. The lowest BCUT2D eigenvalue weighted by atomic mass is 10.00. The monoisotopic (exact) mass is 788 g/mol. The van der Waals surface area contributed by atoms with Crippen molar-refractivity contribution < 1.29 is 19.1 Å². The maximum absolute atomic E-state index is 13.6. The van der Waals surface area contributed by atoms with Crippen molar-refractivity contribution in [3.63, 3.8) is 0 Å².